The van der Waals surface area contributed by atoms with E-state index >= 15 is 0 Å². The molecule has 0 saturated heterocycles. The Morgan fingerprint density at radius 1 is 1.05 bits per heavy atom. The fourth-order valence-electron chi connectivity index (χ4n) is 2.19. The van der Waals surface area contributed by atoms with Gasteiger partial charge in [-0.3, -0.25) is 0 Å². The topological polar surface area (TPSA) is 12.0 Å². The maximum absolute atomic E-state index is 12.6. The molecule has 1 unspecified atom stereocenters. The van der Waals surface area contributed by atoms with Gasteiger partial charge in [-0.15, -0.1) is 0 Å². The summed E-state index contributed by atoms with van der Waals surface area (Å²) >= 11 is 6.19. The first-order valence-corrected chi connectivity index (χ1v) is 6.96. The molecule has 1 N–H and O–H groups in total. The van der Waals surface area contributed by atoms with Gasteiger partial charge >= 0.3 is 6.18 Å². The molecule has 0 aliphatic carbocycles. The van der Waals surface area contributed by atoms with E-state index in [0.717, 1.165) is 23.3 Å². The van der Waals surface area contributed by atoms with Crippen molar-refractivity contribution in [3.05, 3.63) is 70.2 Å². The van der Waals surface area contributed by atoms with Gasteiger partial charge in [-0.05, 0) is 35.9 Å². The average Bonchev–Trinajstić information content (AvgIpc) is 2.45. The minimum Gasteiger partial charge on any atom is -0.306 e. The Kier molecular flexibility index (Phi) is 4.91. The Balaban J connectivity index is 2.37. The molecule has 2 aromatic carbocycles. The van der Waals surface area contributed by atoms with E-state index in [1.54, 1.807) is 6.07 Å². The molecule has 0 saturated carbocycles. The minimum absolute atomic E-state index is 0.231. The van der Waals surface area contributed by atoms with E-state index in [-0.39, 0.29) is 6.04 Å². The van der Waals surface area contributed by atoms with Crippen LogP contribution in [-0.4, -0.2) is 6.54 Å². The van der Waals surface area contributed by atoms with Crippen molar-refractivity contribution in [2.45, 2.75) is 19.1 Å². The van der Waals surface area contributed by atoms with Crippen LogP contribution in [0, 0.1) is 0 Å². The summed E-state index contributed by atoms with van der Waals surface area (Å²) in [5.41, 5.74) is 0.944. The van der Waals surface area contributed by atoms with Crippen LogP contribution < -0.4 is 5.32 Å². The normalized spacial score (nSPS) is 13.2. The van der Waals surface area contributed by atoms with Gasteiger partial charge in [-0.1, -0.05) is 48.9 Å². The number of halogens is 4. The fraction of sp³-hybridized carbons (Fsp3) is 0.250. The highest BCUT2D eigenvalue weighted by Gasteiger charge is 2.30. The monoisotopic (exact) mass is 313 g/mol. The van der Waals surface area contributed by atoms with Gasteiger partial charge in [0, 0.05) is 5.02 Å². The summed E-state index contributed by atoms with van der Waals surface area (Å²) in [6, 6.07) is 12.2. The Morgan fingerprint density at radius 3 is 2.19 bits per heavy atom. The van der Waals surface area contributed by atoms with Crippen LogP contribution in [0.5, 0.6) is 0 Å². The maximum atomic E-state index is 12.6. The largest absolute Gasteiger partial charge is 0.416 e. The van der Waals surface area contributed by atoms with Crippen LogP contribution in [0.15, 0.2) is 48.5 Å². The van der Waals surface area contributed by atoms with E-state index in [4.69, 9.17) is 11.6 Å². The lowest BCUT2D eigenvalue weighted by atomic mass is 9.97. The zero-order chi connectivity index (χ0) is 15.5. The highest BCUT2D eigenvalue weighted by Crippen LogP contribution is 2.32. The molecule has 2 aromatic rings. The predicted molar refractivity (Wildman–Crippen MR) is 78.4 cm³/mol. The van der Waals surface area contributed by atoms with Crippen molar-refractivity contribution in [2.24, 2.45) is 0 Å². The van der Waals surface area contributed by atoms with Crippen LogP contribution in [0.3, 0.4) is 0 Å². The first kappa shape index (κ1) is 15.9. The second-order valence-electron chi connectivity index (χ2n) is 4.63. The average molecular weight is 314 g/mol. The quantitative estimate of drug-likeness (QED) is 0.832. The van der Waals surface area contributed by atoms with Crippen molar-refractivity contribution >= 4 is 11.6 Å². The first-order chi connectivity index (χ1) is 9.93. The molecule has 0 fully saturated rings. The molecular weight excluding hydrogens is 299 g/mol. The van der Waals surface area contributed by atoms with Gasteiger partial charge in [0.1, 0.15) is 0 Å². The van der Waals surface area contributed by atoms with Crippen molar-refractivity contribution < 1.29 is 13.2 Å². The molecule has 0 amide bonds. The van der Waals surface area contributed by atoms with Gasteiger partial charge in [0.25, 0.3) is 0 Å². The molecule has 0 aliphatic heterocycles. The molecule has 0 bridgehead atoms. The summed E-state index contributed by atoms with van der Waals surface area (Å²) in [7, 11) is 0. The van der Waals surface area contributed by atoms with E-state index in [1.165, 1.54) is 12.1 Å². The van der Waals surface area contributed by atoms with Crippen LogP contribution >= 0.6 is 11.6 Å². The first-order valence-electron chi connectivity index (χ1n) is 6.58. The Hall–Kier alpha value is -1.52. The number of benzene rings is 2. The van der Waals surface area contributed by atoms with Crippen LogP contribution in [0.1, 0.15) is 29.7 Å². The lowest BCUT2D eigenvalue weighted by Gasteiger charge is -2.20. The third-order valence-electron chi connectivity index (χ3n) is 3.20. The summed E-state index contributed by atoms with van der Waals surface area (Å²) in [6.07, 6.45) is -4.32. The summed E-state index contributed by atoms with van der Waals surface area (Å²) in [6.45, 7) is 2.62. The van der Waals surface area contributed by atoms with E-state index in [0.29, 0.717) is 11.6 Å². The van der Waals surface area contributed by atoms with E-state index in [9.17, 15) is 13.2 Å². The zero-order valence-corrected chi connectivity index (χ0v) is 12.2. The number of nitrogens with one attached hydrogen (secondary N) is 1. The fourth-order valence-corrected chi connectivity index (χ4v) is 2.43. The van der Waals surface area contributed by atoms with Gasteiger partial charge in [0.05, 0.1) is 11.6 Å². The number of hydrogen-bond donors (Lipinski definition) is 1. The second-order valence-corrected chi connectivity index (χ2v) is 5.04. The molecular formula is C16H15ClF3N. The van der Waals surface area contributed by atoms with Crippen molar-refractivity contribution in [3.8, 4) is 0 Å². The standard InChI is InChI=1S/C16H15ClF3N/c1-2-21-15(13-5-3-4-6-14(13)17)11-7-9-12(10-8-11)16(18,19)20/h3-10,15,21H,2H2,1H3. The third-order valence-corrected chi connectivity index (χ3v) is 3.54. The van der Waals surface area contributed by atoms with Crippen LogP contribution in [-0.2, 0) is 6.18 Å². The van der Waals surface area contributed by atoms with Gasteiger partial charge < -0.3 is 5.32 Å². The van der Waals surface area contributed by atoms with Gasteiger partial charge in [-0.2, -0.15) is 13.2 Å². The molecule has 0 aliphatic rings. The molecule has 1 nitrogen and oxygen atoms in total. The van der Waals surface area contributed by atoms with E-state index in [2.05, 4.69) is 5.32 Å². The lowest BCUT2D eigenvalue weighted by Crippen LogP contribution is -2.22. The Labute approximate surface area is 126 Å². The molecule has 0 spiro atoms. The number of rotatable bonds is 4. The molecule has 0 heterocycles. The summed E-state index contributed by atoms with van der Waals surface area (Å²) in [5.74, 6) is 0. The van der Waals surface area contributed by atoms with Crippen LogP contribution in [0.25, 0.3) is 0 Å². The lowest BCUT2D eigenvalue weighted by molar-refractivity contribution is -0.137. The third kappa shape index (κ3) is 3.77. The van der Waals surface area contributed by atoms with Crippen molar-refractivity contribution in [3.63, 3.8) is 0 Å². The minimum atomic E-state index is -4.32. The highest BCUT2D eigenvalue weighted by molar-refractivity contribution is 6.31. The molecule has 0 aromatic heterocycles. The van der Waals surface area contributed by atoms with E-state index in [1.807, 2.05) is 25.1 Å². The van der Waals surface area contributed by atoms with Crippen molar-refractivity contribution in [1.82, 2.24) is 5.32 Å². The summed E-state index contributed by atoms with van der Waals surface area (Å²) in [5, 5.41) is 3.83. The van der Waals surface area contributed by atoms with Crippen LogP contribution in [0.4, 0.5) is 13.2 Å². The smallest absolute Gasteiger partial charge is 0.306 e. The number of alkyl halides is 3. The molecule has 2 rings (SSSR count). The predicted octanol–water partition coefficient (Wildman–Crippen LogP) is 5.06. The Morgan fingerprint density at radius 2 is 1.67 bits per heavy atom. The second kappa shape index (κ2) is 6.50. The highest BCUT2D eigenvalue weighted by atomic mass is 35.5. The van der Waals surface area contributed by atoms with Gasteiger partial charge in [-0.25, -0.2) is 0 Å². The van der Waals surface area contributed by atoms with Crippen molar-refractivity contribution in [2.75, 3.05) is 6.54 Å². The van der Waals surface area contributed by atoms with Gasteiger partial charge in [0.2, 0.25) is 0 Å². The molecule has 1 atom stereocenters. The summed E-state index contributed by atoms with van der Waals surface area (Å²) in [4.78, 5) is 0. The van der Waals surface area contributed by atoms with Crippen molar-refractivity contribution in [1.29, 1.82) is 0 Å². The van der Waals surface area contributed by atoms with Crippen LogP contribution in [0.2, 0.25) is 5.02 Å². The molecule has 0 radical (unpaired) electrons. The SMILES string of the molecule is CCNC(c1ccc(C(F)(F)F)cc1)c1ccccc1Cl. The molecule has 5 heteroatoms. The Bertz CT molecular complexity index is 593. The van der Waals surface area contributed by atoms with Gasteiger partial charge in [0.15, 0.2) is 0 Å². The zero-order valence-electron chi connectivity index (χ0n) is 11.4. The molecule has 112 valence electrons. The summed E-state index contributed by atoms with van der Waals surface area (Å²) < 4.78 is 37.9. The van der Waals surface area contributed by atoms with E-state index < -0.39 is 11.7 Å². The molecule has 21 heavy (non-hydrogen) atoms. The maximum Gasteiger partial charge on any atom is 0.416 e. The number of hydrogen-bond acceptors (Lipinski definition) is 1.